The summed E-state index contributed by atoms with van der Waals surface area (Å²) in [6, 6.07) is 0. The number of rotatable bonds is 11. The van der Waals surface area contributed by atoms with Crippen LogP contribution < -0.4 is 17.0 Å². The Labute approximate surface area is 268 Å². The molecule has 25 heteroatoms. The van der Waals surface area contributed by atoms with Crippen LogP contribution in [-0.4, -0.2) is 123 Å². The highest BCUT2D eigenvalue weighted by molar-refractivity contribution is 8.07. The summed E-state index contributed by atoms with van der Waals surface area (Å²) in [6.07, 6.45) is -6.29. The van der Waals surface area contributed by atoms with Crippen molar-refractivity contribution >= 4 is 60.2 Å². The Morgan fingerprint density at radius 2 is 1.62 bits per heavy atom. The van der Waals surface area contributed by atoms with Crippen LogP contribution in [0.3, 0.4) is 0 Å². The fourth-order valence-corrected chi connectivity index (χ4v) is 7.15. The zero-order valence-electron chi connectivity index (χ0n) is 24.4. The minimum absolute atomic E-state index is 0.00587. The number of H-pyrrole nitrogens is 1. The minimum atomic E-state index is -4.23. The third-order valence-electron chi connectivity index (χ3n) is 7.42. The van der Waals surface area contributed by atoms with Crippen molar-refractivity contribution < 1.29 is 52.3 Å². The van der Waals surface area contributed by atoms with Crippen LogP contribution in [0.25, 0.3) is 22.3 Å². The molecule has 2 saturated heterocycles. The first kappa shape index (κ1) is 33.9. The molecule has 47 heavy (non-hydrogen) atoms. The Morgan fingerprint density at radius 3 is 2.32 bits per heavy atom. The predicted molar refractivity (Wildman–Crippen MR) is 162 cm³/mol. The lowest BCUT2D eigenvalue weighted by atomic mass is 10.1. The summed E-state index contributed by atoms with van der Waals surface area (Å²) in [6.45, 7) is -4.30. The number of hydrogen-bond acceptors (Lipinski definition) is 18. The number of nitrogen functional groups attached to an aromatic ring is 2. The fraction of sp³-hybridized carbons (Fsp3) is 0.545. The summed E-state index contributed by atoms with van der Waals surface area (Å²) < 4.78 is 48.6. The average molecular weight is 721 g/mol. The number of nitrogens with two attached hydrogens (primary N) is 2. The van der Waals surface area contributed by atoms with Gasteiger partial charge < -0.3 is 54.7 Å². The van der Waals surface area contributed by atoms with Crippen LogP contribution in [-0.2, 0) is 44.2 Å². The third-order valence-corrected chi connectivity index (χ3v) is 9.60. The SMILES string of the molecule is COC1[C@@H](OP(O)(=S)OC[C@H]2O[C@@H](n3cnc4c(=O)[nH]c(N)nc43)C(O)[C@H]2O)[C@@H](COP(C)(=O)O)O[C@H]1n1cnc2c(N)ncnc21. The normalized spacial score (nSPS) is 30.6. The highest BCUT2D eigenvalue weighted by Gasteiger charge is 2.51. The van der Waals surface area contributed by atoms with Crippen LogP contribution in [0, 0.1) is 0 Å². The molecule has 4 aromatic rings. The Balaban J connectivity index is 1.20. The van der Waals surface area contributed by atoms with E-state index in [9.17, 15) is 29.4 Å². The summed E-state index contributed by atoms with van der Waals surface area (Å²) in [4.78, 5) is 55.7. The third kappa shape index (κ3) is 6.68. The average Bonchev–Trinajstić information content (AvgIpc) is 3.75. The molecule has 0 spiro atoms. The Morgan fingerprint density at radius 1 is 0.957 bits per heavy atom. The van der Waals surface area contributed by atoms with Gasteiger partial charge in [0.1, 0.15) is 48.5 Å². The minimum Gasteiger partial charge on any atom is -0.387 e. The van der Waals surface area contributed by atoms with E-state index < -0.39 is 82.2 Å². The summed E-state index contributed by atoms with van der Waals surface area (Å²) in [7, 11) is -2.65. The number of ether oxygens (including phenoxy) is 3. The fourth-order valence-electron chi connectivity index (χ4n) is 5.29. The van der Waals surface area contributed by atoms with Gasteiger partial charge >= 0.3 is 14.3 Å². The maximum absolute atomic E-state index is 12.2. The standard InChI is InChI=1S/C22H30N10O12P2S/c1-39-15-14(9(4-40-45(2,36)37)43-21(15)31-6-27-10-16(23)25-5-26-17(10)31)44-46(38,47)41-3-8-12(33)13(34)20(42-8)32-7-28-11-18(32)29-22(24)30-19(11)35/h5-9,12-15,20-21,33-34H,3-4H2,1-2H3,(H,36,37)(H,38,47)(H2,23,25,26)(H3,24,29,30,35)/t8-,9-,12+,13?,14+,15?,20-,21-,46?/m1/s1. The number of hydrogen-bond donors (Lipinski definition) is 7. The van der Waals surface area contributed by atoms with Crippen molar-refractivity contribution in [3.8, 4) is 0 Å². The van der Waals surface area contributed by atoms with Gasteiger partial charge in [-0.15, -0.1) is 0 Å². The number of imidazole rings is 2. The van der Waals surface area contributed by atoms with Crippen molar-refractivity contribution in [1.82, 2.24) is 39.0 Å². The van der Waals surface area contributed by atoms with Crippen LogP contribution in [0.4, 0.5) is 11.8 Å². The number of aromatic amines is 1. The van der Waals surface area contributed by atoms with Gasteiger partial charge in [-0.05, 0) is 11.8 Å². The first-order valence-electron chi connectivity index (χ1n) is 13.6. The number of aliphatic hydroxyl groups is 2. The second kappa shape index (κ2) is 12.8. The van der Waals surface area contributed by atoms with Crippen molar-refractivity contribution in [3.63, 3.8) is 0 Å². The maximum Gasteiger partial charge on any atom is 0.325 e. The molecular weight excluding hydrogens is 690 g/mol. The van der Waals surface area contributed by atoms with E-state index in [4.69, 9.17) is 51.1 Å². The van der Waals surface area contributed by atoms with Crippen molar-refractivity contribution in [1.29, 1.82) is 0 Å². The molecule has 2 aliphatic heterocycles. The molecule has 9 N–H and O–H groups in total. The van der Waals surface area contributed by atoms with Gasteiger partial charge in [-0.1, -0.05) is 0 Å². The molecule has 2 fully saturated rings. The van der Waals surface area contributed by atoms with E-state index in [2.05, 4.69) is 29.9 Å². The molecule has 6 heterocycles. The van der Waals surface area contributed by atoms with E-state index in [0.717, 1.165) is 6.66 Å². The lowest BCUT2D eigenvalue weighted by Gasteiger charge is -2.28. The lowest BCUT2D eigenvalue weighted by Crippen LogP contribution is -2.37. The second-order valence-corrected chi connectivity index (χ2v) is 15.3. The van der Waals surface area contributed by atoms with Gasteiger partial charge in [-0.25, -0.2) is 19.9 Å². The largest absolute Gasteiger partial charge is 0.387 e. The number of anilines is 2. The molecule has 22 nitrogen and oxygen atoms in total. The van der Waals surface area contributed by atoms with Crippen LogP contribution >= 0.6 is 14.3 Å². The van der Waals surface area contributed by atoms with Gasteiger partial charge in [-0.2, -0.15) is 4.98 Å². The molecule has 0 amide bonds. The highest BCUT2D eigenvalue weighted by Crippen LogP contribution is 2.51. The lowest BCUT2D eigenvalue weighted by molar-refractivity contribution is -0.0565. The van der Waals surface area contributed by atoms with Gasteiger partial charge in [0.05, 0.1) is 25.9 Å². The molecule has 256 valence electrons. The first-order chi connectivity index (χ1) is 22.2. The summed E-state index contributed by atoms with van der Waals surface area (Å²) in [5, 5.41) is 21.5. The number of aromatic nitrogens is 8. The Kier molecular flexibility index (Phi) is 9.21. The van der Waals surface area contributed by atoms with Crippen LogP contribution in [0.5, 0.6) is 0 Å². The summed E-state index contributed by atoms with van der Waals surface area (Å²) >= 11 is 5.26. The summed E-state index contributed by atoms with van der Waals surface area (Å²) in [5.41, 5.74) is 11.4. The molecule has 0 aliphatic carbocycles. The van der Waals surface area contributed by atoms with Crippen LogP contribution in [0.15, 0.2) is 23.8 Å². The monoisotopic (exact) mass is 720 g/mol. The van der Waals surface area contributed by atoms with Gasteiger partial charge in [0.25, 0.3) is 5.56 Å². The number of methoxy groups -OCH3 is 1. The van der Waals surface area contributed by atoms with E-state index in [0.29, 0.717) is 0 Å². The molecular formula is C22H30N10O12P2S. The van der Waals surface area contributed by atoms with E-state index in [1.54, 1.807) is 0 Å². The van der Waals surface area contributed by atoms with Gasteiger partial charge in [-0.3, -0.25) is 28.0 Å². The Hall–Kier alpha value is -3.02. The Bertz CT molecular complexity index is 1940. The van der Waals surface area contributed by atoms with Crippen LogP contribution in [0.2, 0.25) is 0 Å². The molecule has 10 atom stereocenters. The van der Waals surface area contributed by atoms with Crippen molar-refractivity contribution in [2.24, 2.45) is 0 Å². The quantitative estimate of drug-likeness (QED) is 0.0833. The number of fused-ring (bicyclic) bond motifs is 2. The highest BCUT2D eigenvalue weighted by atomic mass is 32.5. The smallest absolute Gasteiger partial charge is 0.325 e. The van der Waals surface area contributed by atoms with Crippen molar-refractivity contribution in [2.45, 2.75) is 49.1 Å². The molecule has 0 saturated carbocycles. The number of nitrogens with one attached hydrogen (secondary N) is 1. The zero-order chi connectivity index (χ0) is 33.8. The molecule has 0 bridgehead atoms. The van der Waals surface area contributed by atoms with E-state index >= 15 is 0 Å². The molecule has 4 aromatic heterocycles. The first-order valence-corrected chi connectivity index (χ1v) is 18.2. The predicted octanol–water partition coefficient (Wildman–Crippen LogP) is -1.89. The van der Waals surface area contributed by atoms with E-state index in [1.165, 1.54) is 35.2 Å². The molecule has 0 radical (unpaired) electrons. The molecule has 2 aliphatic rings. The topological polar surface area (TPSA) is 313 Å². The van der Waals surface area contributed by atoms with Gasteiger partial charge in [0.2, 0.25) is 5.95 Å². The second-order valence-electron chi connectivity index (χ2n) is 10.6. The zero-order valence-corrected chi connectivity index (χ0v) is 27.0. The van der Waals surface area contributed by atoms with Gasteiger partial charge in [0, 0.05) is 13.8 Å². The van der Waals surface area contributed by atoms with Crippen molar-refractivity contribution in [3.05, 3.63) is 29.3 Å². The maximum atomic E-state index is 12.2. The van der Waals surface area contributed by atoms with E-state index in [1.807, 2.05) is 0 Å². The molecule has 4 unspecified atom stereocenters. The number of nitrogens with zero attached hydrogens (tertiary/aromatic N) is 7. The van der Waals surface area contributed by atoms with E-state index in [-0.39, 0.29) is 34.1 Å². The molecule has 6 rings (SSSR count). The summed E-state index contributed by atoms with van der Waals surface area (Å²) in [5.74, 6) is -0.0929. The molecule has 0 aromatic carbocycles. The number of aliphatic hydroxyl groups excluding tert-OH is 2. The van der Waals surface area contributed by atoms with Crippen LogP contribution in [0.1, 0.15) is 12.5 Å². The van der Waals surface area contributed by atoms with Crippen molar-refractivity contribution in [2.75, 3.05) is 38.5 Å². The van der Waals surface area contributed by atoms with Gasteiger partial charge in [0.15, 0.2) is 35.1 Å².